The van der Waals surface area contributed by atoms with Crippen molar-refractivity contribution in [2.75, 3.05) is 25.2 Å². The highest BCUT2D eigenvalue weighted by molar-refractivity contribution is 7.90. The van der Waals surface area contributed by atoms with Gasteiger partial charge in [0.2, 0.25) is 0 Å². The Balaban J connectivity index is 2.69. The van der Waals surface area contributed by atoms with Crippen LogP contribution in [0.25, 0.3) is 0 Å². The highest BCUT2D eigenvalue weighted by Crippen LogP contribution is 2.20. The average Bonchev–Trinajstić information content (AvgIpc) is 2.22. The molecule has 2 N–H and O–H groups in total. The Hall–Kier alpha value is -0.780. The Morgan fingerprint density at radius 2 is 2.12 bits per heavy atom. The molecule has 4 nitrogen and oxygen atoms in total. The van der Waals surface area contributed by atoms with Gasteiger partial charge in [-0.3, -0.25) is 0 Å². The topological polar surface area (TPSA) is 69.4 Å². The summed E-state index contributed by atoms with van der Waals surface area (Å²) in [5, 5.41) is 0.503. The summed E-state index contributed by atoms with van der Waals surface area (Å²) >= 11 is 5.74. The first-order valence-corrected chi connectivity index (χ1v) is 7.38. The molecule has 0 aliphatic heterocycles. The zero-order chi connectivity index (χ0) is 12.9. The minimum Gasteiger partial charge on any atom is -0.398 e. The second kappa shape index (κ2) is 6.23. The van der Waals surface area contributed by atoms with Crippen LogP contribution in [0.15, 0.2) is 18.2 Å². The summed E-state index contributed by atoms with van der Waals surface area (Å²) in [5.41, 5.74) is 6.71. The summed E-state index contributed by atoms with van der Waals surface area (Å²) in [7, 11) is -1.60. The van der Waals surface area contributed by atoms with Crippen molar-refractivity contribution in [3.05, 3.63) is 28.8 Å². The van der Waals surface area contributed by atoms with Gasteiger partial charge in [0.15, 0.2) is 9.84 Å². The van der Waals surface area contributed by atoms with Crippen LogP contribution < -0.4 is 5.73 Å². The van der Waals surface area contributed by atoms with E-state index in [0.29, 0.717) is 29.3 Å². The van der Waals surface area contributed by atoms with Crippen LogP contribution in [0.4, 0.5) is 5.69 Å². The predicted molar refractivity (Wildman–Crippen MR) is 69.8 cm³/mol. The molecule has 0 atom stereocenters. The zero-order valence-corrected chi connectivity index (χ0v) is 11.2. The monoisotopic (exact) mass is 277 g/mol. The Morgan fingerprint density at radius 1 is 1.41 bits per heavy atom. The van der Waals surface area contributed by atoms with Gasteiger partial charge in [-0.1, -0.05) is 17.7 Å². The normalized spacial score (nSPS) is 11.6. The number of rotatable bonds is 6. The highest BCUT2D eigenvalue weighted by Gasteiger charge is 2.13. The van der Waals surface area contributed by atoms with E-state index in [-0.39, 0.29) is 11.5 Å². The minimum atomic E-state index is -3.15. The van der Waals surface area contributed by atoms with Crippen LogP contribution in [0.5, 0.6) is 0 Å². The molecule has 0 spiro atoms. The third-order valence-electron chi connectivity index (χ3n) is 2.29. The molecular weight excluding hydrogens is 262 g/mol. The van der Waals surface area contributed by atoms with Gasteiger partial charge in [0.1, 0.15) is 0 Å². The van der Waals surface area contributed by atoms with Gasteiger partial charge in [0, 0.05) is 24.4 Å². The Morgan fingerprint density at radius 3 is 2.71 bits per heavy atom. The van der Waals surface area contributed by atoms with E-state index in [9.17, 15) is 8.42 Å². The Bertz CT molecular complexity index is 474. The Labute approximate surface area is 107 Å². The van der Waals surface area contributed by atoms with Crippen molar-refractivity contribution in [2.45, 2.75) is 12.2 Å². The number of nitrogen functional groups attached to an aromatic ring is 1. The maximum absolute atomic E-state index is 11.8. The van der Waals surface area contributed by atoms with Crippen LogP contribution in [0.3, 0.4) is 0 Å². The number of nitrogens with two attached hydrogens (primary N) is 1. The van der Waals surface area contributed by atoms with Crippen molar-refractivity contribution >= 4 is 27.1 Å². The molecule has 1 aromatic carbocycles. The average molecular weight is 278 g/mol. The molecule has 0 aliphatic carbocycles. The maximum atomic E-state index is 11.8. The van der Waals surface area contributed by atoms with Gasteiger partial charge in [0.25, 0.3) is 0 Å². The first-order chi connectivity index (χ1) is 7.94. The lowest BCUT2D eigenvalue weighted by molar-refractivity contribution is 0.199. The molecule has 96 valence electrons. The first kappa shape index (κ1) is 14.3. The lowest BCUT2D eigenvalue weighted by atomic mass is 10.2. The predicted octanol–water partition coefficient (Wildman–Crippen LogP) is 1.87. The molecule has 1 aromatic rings. The van der Waals surface area contributed by atoms with Gasteiger partial charge in [-0.05, 0) is 24.1 Å². The number of hydrogen-bond acceptors (Lipinski definition) is 4. The largest absolute Gasteiger partial charge is 0.398 e. The van der Waals surface area contributed by atoms with E-state index in [1.807, 2.05) is 0 Å². The minimum absolute atomic E-state index is 0.0558. The lowest BCUT2D eigenvalue weighted by Gasteiger charge is -2.07. The van der Waals surface area contributed by atoms with Crippen molar-refractivity contribution in [3.8, 4) is 0 Å². The highest BCUT2D eigenvalue weighted by atomic mass is 35.5. The summed E-state index contributed by atoms with van der Waals surface area (Å²) < 4.78 is 28.4. The summed E-state index contributed by atoms with van der Waals surface area (Å²) in [6.45, 7) is 0.440. The number of anilines is 1. The number of sulfone groups is 1. The quantitative estimate of drug-likeness (QED) is 0.637. The fraction of sp³-hybridized carbons (Fsp3) is 0.455. The molecule has 17 heavy (non-hydrogen) atoms. The molecule has 6 heteroatoms. The van der Waals surface area contributed by atoms with Gasteiger partial charge in [-0.25, -0.2) is 8.42 Å². The summed E-state index contributed by atoms with van der Waals surface area (Å²) in [4.78, 5) is 0. The van der Waals surface area contributed by atoms with Crippen molar-refractivity contribution in [1.82, 2.24) is 0 Å². The summed E-state index contributed by atoms with van der Waals surface area (Å²) in [6, 6.07) is 4.84. The third kappa shape index (κ3) is 4.93. The van der Waals surface area contributed by atoms with E-state index in [2.05, 4.69) is 0 Å². The SMILES string of the molecule is COCCCS(=O)(=O)Cc1ccc(Cl)cc1N. The number of ether oxygens (including phenoxy) is 1. The van der Waals surface area contributed by atoms with Crippen molar-refractivity contribution in [1.29, 1.82) is 0 Å². The molecule has 0 saturated heterocycles. The molecule has 0 radical (unpaired) electrons. The zero-order valence-electron chi connectivity index (χ0n) is 9.65. The Kier molecular flexibility index (Phi) is 5.24. The fourth-order valence-electron chi connectivity index (χ4n) is 1.43. The van der Waals surface area contributed by atoms with E-state index in [1.54, 1.807) is 25.3 Å². The first-order valence-electron chi connectivity index (χ1n) is 5.18. The van der Waals surface area contributed by atoms with Gasteiger partial charge in [-0.15, -0.1) is 0 Å². The molecule has 0 unspecified atom stereocenters. The van der Waals surface area contributed by atoms with Gasteiger partial charge >= 0.3 is 0 Å². The van der Waals surface area contributed by atoms with Gasteiger partial charge in [-0.2, -0.15) is 0 Å². The second-order valence-corrected chi connectivity index (χ2v) is 6.40. The number of hydrogen-bond donors (Lipinski definition) is 1. The van der Waals surface area contributed by atoms with E-state index in [4.69, 9.17) is 22.1 Å². The molecule has 0 fully saturated rings. The maximum Gasteiger partial charge on any atom is 0.154 e. The van der Waals surface area contributed by atoms with Gasteiger partial charge < -0.3 is 10.5 Å². The number of halogens is 1. The van der Waals surface area contributed by atoms with E-state index < -0.39 is 9.84 Å². The van der Waals surface area contributed by atoms with Crippen LogP contribution in [-0.4, -0.2) is 27.9 Å². The van der Waals surface area contributed by atoms with Crippen LogP contribution in [0, 0.1) is 0 Å². The lowest BCUT2D eigenvalue weighted by Crippen LogP contribution is -2.12. The fourth-order valence-corrected chi connectivity index (χ4v) is 3.05. The summed E-state index contributed by atoms with van der Waals surface area (Å²) in [6.07, 6.45) is 0.492. The third-order valence-corrected chi connectivity index (χ3v) is 4.18. The van der Waals surface area contributed by atoms with E-state index in [1.165, 1.54) is 0 Å². The molecule has 0 saturated carbocycles. The second-order valence-electron chi connectivity index (χ2n) is 3.78. The molecule has 0 aliphatic rings. The van der Waals surface area contributed by atoms with E-state index >= 15 is 0 Å². The van der Waals surface area contributed by atoms with Gasteiger partial charge in [0.05, 0.1) is 11.5 Å². The van der Waals surface area contributed by atoms with Crippen LogP contribution in [0.2, 0.25) is 5.02 Å². The van der Waals surface area contributed by atoms with Crippen molar-refractivity contribution in [3.63, 3.8) is 0 Å². The molecule has 0 heterocycles. The van der Waals surface area contributed by atoms with Crippen molar-refractivity contribution < 1.29 is 13.2 Å². The molecular formula is C11H16ClNO3S. The van der Waals surface area contributed by atoms with Crippen LogP contribution in [0.1, 0.15) is 12.0 Å². The van der Waals surface area contributed by atoms with Crippen LogP contribution in [-0.2, 0) is 20.3 Å². The summed E-state index contributed by atoms with van der Waals surface area (Å²) in [5.74, 6) is 0.0443. The molecule has 0 bridgehead atoms. The number of methoxy groups -OCH3 is 1. The molecule has 1 rings (SSSR count). The molecule has 0 aromatic heterocycles. The standard InChI is InChI=1S/C11H16ClNO3S/c1-16-5-2-6-17(14,15)8-9-3-4-10(12)7-11(9)13/h3-4,7H,2,5-6,8,13H2,1H3. The van der Waals surface area contributed by atoms with E-state index in [0.717, 1.165) is 0 Å². The number of benzene rings is 1. The van der Waals surface area contributed by atoms with Crippen LogP contribution >= 0.6 is 11.6 Å². The van der Waals surface area contributed by atoms with Crippen molar-refractivity contribution in [2.24, 2.45) is 0 Å². The molecule has 0 amide bonds. The smallest absolute Gasteiger partial charge is 0.154 e.